The van der Waals surface area contributed by atoms with Crippen molar-refractivity contribution in [1.82, 2.24) is 10.2 Å². The van der Waals surface area contributed by atoms with Gasteiger partial charge in [0.25, 0.3) is 0 Å². The minimum atomic E-state index is -0.338. The van der Waals surface area contributed by atoms with Crippen LogP contribution in [0.5, 0.6) is 0 Å². The zero-order valence-corrected chi connectivity index (χ0v) is 11.0. The van der Waals surface area contributed by atoms with Crippen molar-refractivity contribution in [1.29, 1.82) is 0 Å². The zero-order valence-electron chi connectivity index (χ0n) is 11.0. The molecule has 2 atom stereocenters. The first-order chi connectivity index (χ1) is 9.13. The minimum Gasteiger partial charge on any atom is -0.346 e. The SMILES string of the molecule is CC(=O)N1CCC1C(=O)N[C@H](CN)c1ccccc1. The van der Waals surface area contributed by atoms with Crippen molar-refractivity contribution in [3.05, 3.63) is 35.9 Å². The van der Waals surface area contributed by atoms with Crippen molar-refractivity contribution in [2.75, 3.05) is 13.1 Å². The summed E-state index contributed by atoms with van der Waals surface area (Å²) in [6.45, 7) is 2.48. The maximum Gasteiger partial charge on any atom is 0.243 e. The van der Waals surface area contributed by atoms with Crippen molar-refractivity contribution < 1.29 is 9.59 Å². The van der Waals surface area contributed by atoms with Gasteiger partial charge in [0.1, 0.15) is 6.04 Å². The number of rotatable bonds is 4. The molecule has 2 amide bonds. The van der Waals surface area contributed by atoms with Crippen LogP contribution < -0.4 is 11.1 Å². The second-order valence-corrected chi connectivity index (χ2v) is 4.72. The summed E-state index contributed by atoms with van der Waals surface area (Å²) in [6, 6.07) is 9.06. The fourth-order valence-electron chi connectivity index (χ4n) is 2.27. The Bertz CT molecular complexity index is 461. The Morgan fingerprint density at radius 2 is 2.11 bits per heavy atom. The topological polar surface area (TPSA) is 75.4 Å². The lowest BCUT2D eigenvalue weighted by molar-refractivity contribution is -0.146. The Labute approximate surface area is 112 Å². The van der Waals surface area contributed by atoms with E-state index < -0.39 is 0 Å². The van der Waals surface area contributed by atoms with E-state index in [0.717, 1.165) is 12.0 Å². The van der Waals surface area contributed by atoms with Crippen LogP contribution in [0.25, 0.3) is 0 Å². The quantitative estimate of drug-likeness (QED) is 0.825. The van der Waals surface area contributed by atoms with Gasteiger partial charge in [-0.1, -0.05) is 30.3 Å². The highest BCUT2D eigenvalue weighted by atomic mass is 16.2. The number of likely N-dealkylation sites (tertiary alicyclic amines) is 1. The molecule has 0 spiro atoms. The molecule has 0 aliphatic carbocycles. The summed E-state index contributed by atoms with van der Waals surface area (Å²) >= 11 is 0. The molecule has 3 N–H and O–H groups in total. The van der Waals surface area contributed by atoms with E-state index in [2.05, 4.69) is 5.32 Å². The van der Waals surface area contributed by atoms with Gasteiger partial charge in [0.2, 0.25) is 11.8 Å². The number of nitrogens with two attached hydrogens (primary N) is 1. The van der Waals surface area contributed by atoms with Crippen LogP contribution in [-0.4, -0.2) is 35.8 Å². The van der Waals surface area contributed by atoms with Gasteiger partial charge >= 0.3 is 0 Å². The lowest BCUT2D eigenvalue weighted by atomic mass is 10.0. The maximum absolute atomic E-state index is 12.1. The molecular formula is C14H19N3O2. The van der Waals surface area contributed by atoms with E-state index in [-0.39, 0.29) is 23.9 Å². The van der Waals surface area contributed by atoms with Crippen molar-refractivity contribution in [2.24, 2.45) is 5.73 Å². The van der Waals surface area contributed by atoms with E-state index in [1.54, 1.807) is 4.90 Å². The summed E-state index contributed by atoms with van der Waals surface area (Å²) in [5, 5.41) is 2.91. The molecule has 0 saturated carbocycles. The maximum atomic E-state index is 12.1. The highest BCUT2D eigenvalue weighted by molar-refractivity contribution is 5.88. The highest BCUT2D eigenvalue weighted by Gasteiger charge is 2.36. The van der Waals surface area contributed by atoms with Crippen molar-refractivity contribution in [3.8, 4) is 0 Å². The number of hydrogen-bond acceptors (Lipinski definition) is 3. The van der Waals surface area contributed by atoms with Gasteiger partial charge in [0.15, 0.2) is 0 Å². The number of carbonyl (C=O) groups excluding carboxylic acids is 2. The van der Waals surface area contributed by atoms with Crippen LogP contribution in [0.4, 0.5) is 0 Å². The molecule has 1 saturated heterocycles. The van der Waals surface area contributed by atoms with Gasteiger partial charge in [-0.25, -0.2) is 0 Å². The minimum absolute atomic E-state index is 0.0598. The Hall–Kier alpha value is -1.88. The normalized spacial score (nSPS) is 19.5. The molecule has 1 fully saturated rings. The summed E-state index contributed by atoms with van der Waals surface area (Å²) in [5.41, 5.74) is 6.69. The van der Waals surface area contributed by atoms with E-state index >= 15 is 0 Å². The van der Waals surface area contributed by atoms with Crippen LogP contribution in [-0.2, 0) is 9.59 Å². The molecule has 0 aromatic heterocycles. The van der Waals surface area contributed by atoms with Gasteiger partial charge < -0.3 is 16.0 Å². The predicted molar refractivity (Wildman–Crippen MR) is 72.2 cm³/mol. The standard InChI is InChI=1S/C14H19N3O2/c1-10(18)17-8-7-13(17)14(19)16-12(9-15)11-5-3-2-4-6-11/h2-6,12-13H,7-9,15H2,1H3,(H,16,19)/t12-,13?/m1/s1. The average molecular weight is 261 g/mol. The van der Waals surface area contributed by atoms with E-state index in [0.29, 0.717) is 13.1 Å². The molecule has 0 radical (unpaired) electrons. The van der Waals surface area contributed by atoms with Gasteiger partial charge in [0.05, 0.1) is 6.04 Å². The molecule has 1 unspecified atom stereocenters. The fraction of sp³-hybridized carbons (Fsp3) is 0.429. The first-order valence-corrected chi connectivity index (χ1v) is 6.46. The van der Waals surface area contributed by atoms with Crippen LogP contribution in [0.15, 0.2) is 30.3 Å². The average Bonchev–Trinajstić information content (AvgIpc) is 2.35. The number of nitrogens with zero attached hydrogens (tertiary/aromatic N) is 1. The van der Waals surface area contributed by atoms with Crippen LogP contribution >= 0.6 is 0 Å². The van der Waals surface area contributed by atoms with Gasteiger partial charge in [-0.05, 0) is 12.0 Å². The molecule has 1 aromatic carbocycles. The van der Waals surface area contributed by atoms with Gasteiger partial charge in [-0.15, -0.1) is 0 Å². The van der Waals surface area contributed by atoms with Crippen molar-refractivity contribution in [3.63, 3.8) is 0 Å². The Morgan fingerprint density at radius 3 is 2.58 bits per heavy atom. The second kappa shape index (κ2) is 5.84. The molecule has 2 rings (SSSR count). The first kappa shape index (κ1) is 13.5. The van der Waals surface area contributed by atoms with E-state index in [1.165, 1.54) is 6.92 Å². The zero-order chi connectivity index (χ0) is 13.8. The van der Waals surface area contributed by atoms with Crippen molar-refractivity contribution >= 4 is 11.8 Å². The van der Waals surface area contributed by atoms with E-state index in [4.69, 9.17) is 5.73 Å². The first-order valence-electron chi connectivity index (χ1n) is 6.46. The molecule has 1 aliphatic heterocycles. The number of amides is 2. The summed E-state index contributed by atoms with van der Waals surface area (Å²) in [5.74, 6) is -0.184. The molecule has 102 valence electrons. The third kappa shape index (κ3) is 2.93. The largest absolute Gasteiger partial charge is 0.346 e. The highest BCUT2D eigenvalue weighted by Crippen LogP contribution is 2.19. The monoisotopic (exact) mass is 261 g/mol. The van der Waals surface area contributed by atoms with Crippen LogP contribution in [0.3, 0.4) is 0 Å². The van der Waals surface area contributed by atoms with Gasteiger partial charge in [0, 0.05) is 20.0 Å². The Morgan fingerprint density at radius 1 is 1.42 bits per heavy atom. The molecule has 19 heavy (non-hydrogen) atoms. The van der Waals surface area contributed by atoms with Crippen LogP contribution in [0.1, 0.15) is 24.9 Å². The van der Waals surface area contributed by atoms with Crippen LogP contribution in [0, 0.1) is 0 Å². The van der Waals surface area contributed by atoms with Gasteiger partial charge in [-0.2, -0.15) is 0 Å². The van der Waals surface area contributed by atoms with Crippen molar-refractivity contribution in [2.45, 2.75) is 25.4 Å². The van der Waals surface area contributed by atoms with E-state index in [1.807, 2.05) is 30.3 Å². The smallest absolute Gasteiger partial charge is 0.243 e. The number of nitrogens with one attached hydrogen (secondary N) is 1. The molecule has 1 aromatic rings. The molecule has 5 nitrogen and oxygen atoms in total. The third-order valence-corrected chi connectivity index (χ3v) is 3.48. The Kier molecular flexibility index (Phi) is 4.16. The van der Waals surface area contributed by atoms with Crippen LogP contribution in [0.2, 0.25) is 0 Å². The molecule has 5 heteroatoms. The predicted octanol–water partition coefficient (Wildman–Crippen LogP) is 0.423. The summed E-state index contributed by atoms with van der Waals surface area (Å²) in [7, 11) is 0. The summed E-state index contributed by atoms with van der Waals surface area (Å²) < 4.78 is 0. The third-order valence-electron chi connectivity index (χ3n) is 3.48. The Balaban J connectivity index is 1.99. The summed E-state index contributed by atoms with van der Waals surface area (Å²) in [6.07, 6.45) is 0.720. The lowest BCUT2D eigenvalue weighted by Gasteiger charge is -2.39. The number of hydrogen-bond donors (Lipinski definition) is 2. The molecule has 1 heterocycles. The lowest BCUT2D eigenvalue weighted by Crippen LogP contribution is -2.58. The van der Waals surface area contributed by atoms with Gasteiger partial charge in [-0.3, -0.25) is 9.59 Å². The van der Waals surface area contributed by atoms with E-state index in [9.17, 15) is 9.59 Å². The number of carbonyl (C=O) groups is 2. The number of benzene rings is 1. The fourth-order valence-corrected chi connectivity index (χ4v) is 2.27. The summed E-state index contributed by atoms with van der Waals surface area (Å²) in [4.78, 5) is 25.0. The molecule has 0 bridgehead atoms. The molecule has 1 aliphatic rings. The second-order valence-electron chi connectivity index (χ2n) is 4.72. The molecular weight excluding hydrogens is 242 g/mol.